The standard InChI is InChI=1S/C19H25N5O2S/c1-4-9-22-17(25)15-7-5-6-8-16(15)24-18(22)20-23(19(24)27)12-21-10-14(3)26-11-13(21)2/h5-8,13-14H,4,9-12H2,1-3H3. The van der Waals surface area contributed by atoms with Crippen molar-refractivity contribution < 1.29 is 4.74 Å². The van der Waals surface area contributed by atoms with Crippen molar-refractivity contribution in [1.29, 1.82) is 0 Å². The molecule has 1 aliphatic rings. The third kappa shape index (κ3) is 3.11. The number of aryl methyl sites for hydroxylation is 1. The molecule has 3 aromatic rings. The molecule has 144 valence electrons. The second-order valence-electron chi connectivity index (χ2n) is 7.30. The van der Waals surface area contributed by atoms with Crippen LogP contribution in [0.1, 0.15) is 27.2 Å². The molecule has 2 aromatic heterocycles. The number of ether oxygens (including phenoxy) is 1. The highest BCUT2D eigenvalue weighted by Gasteiger charge is 2.25. The minimum Gasteiger partial charge on any atom is -0.376 e. The van der Waals surface area contributed by atoms with E-state index in [1.165, 1.54) is 0 Å². The van der Waals surface area contributed by atoms with Gasteiger partial charge < -0.3 is 4.74 Å². The van der Waals surface area contributed by atoms with E-state index in [1.54, 1.807) is 4.57 Å². The topological polar surface area (TPSA) is 56.7 Å². The van der Waals surface area contributed by atoms with Crippen LogP contribution in [0, 0.1) is 4.77 Å². The number of para-hydroxylation sites is 1. The third-order valence-electron chi connectivity index (χ3n) is 5.18. The lowest BCUT2D eigenvalue weighted by molar-refractivity contribution is -0.0624. The van der Waals surface area contributed by atoms with E-state index in [0.717, 1.165) is 18.5 Å². The van der Waals surface area contributed by atoms with Crippen molar-refractivity contribution in [1.82, 2.24) is 23.6 Å². The molecule has 0 aliphatic carbocycles. The Morgan fingerprint density at radius 3 is 2.85 bits per heavy atom. The lowest BCUT2D eigenvalue weighted by Gasteiger charge is -2.36. The van der Waals surface area contributed by atoms with Crippen molar-refractivity contribution in [3.05, 3.63) is 39.4 Å². The van der Waals surface area contributed by atoms with Crippen LogP contribution in [-0.2, 0) is 18.0 Å². The van der Waals surface area contributed by atoms with E-state index in [9.17, 15) is 4.79 Å². The summed E-state index contributed by atoms with van der Waals surface area (Å²) in [4.78, 5) is 15.3. The Hall–Kier alpha value is -2.03. The van der Waals surface area contributed by atoms with Crippen LogP contribution < -0.4 is 5.56 Å². The van der Waals surface area contributed by atoms with Crippen LogP contribution in [0.4, 0.5) is 0 Å². The molecule has 0 spiro atoms. The van der Waals surface area contributed by atoms with E-state index in [-0.39, 0.29) is 11.7 Å². The van der Waals surface area contributed by atoms with E-state index in [2.05, 4.69) is 25.7 Å². The number of aromatic nitrogens is 4. The fraction of sp³-hybridized carbons (Fsp3) is 0.526. The predicted octanol–water partition coefficient (Wildman–Crippen LogP) is 2.66. The number of nitrogens with zero attached hydrogens (tertiary/aromatic N) is 5. The molecular formula is C19H25N5O2S. The molecule has 1 fully saturated rings. The highest BCUT2D eigenvalue weighted by atomic mass is 32.1. The number of fused-ring (bicyclic) bond motifs is 3. The van der Waals surface area contributed by atoms with Gasteiger partial charge in [0.25, 0.3) is 5.56 Å². The van der Waals surface area contributed by atoms with Gasteiger partial charge in [0.05, 0.1) is 30.3 Å². The molecule has 2 atom stereocenters. The fourth-order valence-corrected chi connectivity index (χ4v) is 4.00. The SMILES string of the molecule is CCCn1c(=O)c2ccccc2n2c(=S)n(CN3CC(C)OCC3C)nc12. The number of rotatable bonds is 4. The highest BCUT2D eigenvalue weighted by molar-refractivity contribution is 7.71. The number of morpholine rings is 1. The first-order valence-electron chi connectivity index (χ1n) is 9.48. The molecule has 7 nitrogen and oxygen atoms in total. The van der Waals surface area contributed by atoms with Crippen molar-refractivity contribution >= 4 is 28.9 Å². The first-order valence-corrected chi connectivity index (χ1v) is 9.88. The molecule has 1 aliphatic heterocycles. The quantitative estimate of drug-likeness (QED) is 0.644. The fourth-order valence-electron chi connectivity index (χ4n) is 3.73. The second-order valence-corrected chi connectivity index (χ2v) is 7.66. The molecule has 0 N–H and O–H groups in total. The molecule has 1 saturated heterocycles. The number of hydrogen-bond donors (Lipinski definition) is 0. The molecule has 0 amide bonds. The summed E-state index contributed by atoms with van der Waals surface area (Å²) in [6, 6.07) is 7.89. The van der Waals surface area contributed by atoms with Gasteiger partial charge in [0.2, 0.25) is 10.5 Å². The van der Waals surface area contributed by atoms with Crippen molar-refractivity contribution in [2.45, 2.75) is 52.6 Å². The summed E-state index contributed by atoms with van der Waals surface area (Å²) in [7, 11) is 0. The van der Waals surface area contributed by atoms with Crippen LogP contribution >= 0.6 is 12.2 Å². The summed E-state index contributed by atoms with van der Waals surface area (Å²) in [6.45, 7) is 9.01. The average molecular weight is 388 g/mol. The summed E-state index contributed by atoms with van der Waals surface area (Å²) in [5.41, 5.74) is 0.796. The van der Waals surface area contributed by atoms with Gasteiger partial charge >= 0.3 is 0 Å². The largest absolute Gasteiger partial charge is 0.376 e. The monoisotopic (exact) mass is 387 g/mol. The van der Waals surface area contributed by atoms with Gasteiger partial charge in [-0.3, -0.25) is 18.7 Å². The summed E-state index contributed by atoms with van der Waals surface area (Å²) in [6.07, 6.45) is 1.04. The zero-order valence-corrected chi connectivity index (χ0v) is 16.8. The van der Waals surface area contributed by atoms with Crippen LogP contribution in [0.15, 0.2) is 29.1 Å². The van der Waals surface area contributed by atoms with E-state index in [1.807, 2.05) is 33.3 Å². The number of benzene rings is 1. The van der Waals surface area contributed by atoms with Crippen LogP contribution in [0.5, 0.6) is 0 Å². The molecular weight excluding hydrogens is 362 g/mol. The van der Waals surface area contributed by atoms with Crippen LogP contribution in [0.25, 0.3) is 16.7 Å². The number of hydrogen-bond acceptors (Lipinski definition) is 5. The Morgan fingerprint density at radius 2 is 2.07 bits per heavy atom. The van der Waals surface area contributed by atoms with E-state index >= 15 is 0 Å². The molecule has 0 radical (unpaired) electrons. The Bertz CT molecular complexity index is 1100. The van der Waals surface area contributed by atoms with Gasteiger partial charge in [0, 0.05) is 19.1 Å². The summed E-state index contributed by atoms with van der Waals surface area (Å²) < 4.78 is 11.8. The molecule has 0 saturated carbocycles. The first kappa shape index (κ1) is 18.3. The highest BCUT2D eigenvalue weighted by Crippen LogP contribution is 2.17. The van der Waals surface area contributed by atoms with Crippen LogP contribution in [0.2, 0.25) is 0 Å². The lowest BCUT2D eigenvalue weighted by atomic mass is 10.2. The second kappa shape index (κ2) is 7.18. The van der Waals surface area contributed by atoms with E-state index < -0.39 is 0 Å². The van der Waals surface area contributed by atoms with Gasteiger partial charge in [-0.1, -0.05) is 19.1 Å². The van der Waals surface area contributed by atoms with Crippen LogP contribution in [-0.4, -0.2) is 48.9 Å². The molecule has 3 heterocycles. The minimum absolute atomic E-state index is 0.0135. The van der Waals surface area contributed by atoms with Crippen molar-refractivity contribution in [3.8, 4) is 0 Å². The molecule has 4 rings (SSSR count). The first-order chi connectivity index (χ1) is 13.0. The Morgan fingerprint density at radius 1 is 1.30 bits per heavy atom. The van der Waals surface area contributed by atoms with Gasteiger partial charge in [0.15, 0.2) is 0 Å². The Kier molecular flexibility index (Phi) is 4.88. The Labute approximate surface area is 162 Å². The van der Waals surface area contributed by atoms with Crippen molar-refractivity contribution in [2.24, 2.45) is 0 Å². The average Bonchev–Trinajstić information content (AvgIpc) is 2.98. The molecule has 1 aromatic carbocycles. The van der Waals surface area contributed by atoms with E-state index in [4.69, 9.17) is 22.1 Å². The molecule has 0 bridgehead atoms. The zero-order valence-electron chi connectivity index (χ0n) is 16.0. The summed E-state index contributed by atoms with van der Waals surface area (Å²) in [5, 5.41) is 5.42. The van der Waals surface area contributed by atoms with Crippen molar-refractivity contribution in [2.75, 3.05) is 13.2 Å². The molecule has 27 heavy (non-hydrogen) atoms. The Balaban J connectivity index is 1.90. The van der Waals surface area contributed by atoms with Crippen molar-refractivity contribution in [3.63, 3.8) is 0 Å². The van der Waals surface area contributed by atoms with Gasteiger partial charge in [-0.05, 0) is 44.6 Å². The predicted molar refractivity (Wildman–Crippen MR) is 108 cm³/mol. The summed E-state index contributed by atoms with van der Waals surface area (Å²) >= 11 is 5.77. The van der Waals surface area contributed by atoms with Gasteiger partial charge in [-0.25, -0.2) is 4.68 Å². The van der Waals surface area contributed by atoms with Crippen LogP contribution in [0.3, 0.4) is 0 Å². The zero-order chi connectivity index (χ0) is 19.1. The van der Waals surface area contributed by atoms with Gasteiger partial charge in [0.1, 0.15) is 0 Å². The van der Waals surface area contributed by atoms with Gasteiger partial charge in [-0.15, -0.1) is 5.10 Å². The molecule has 2 unspecified atom stereocenters. The maximum absolute atomic E-state index is 13.0. The maximum atomic E-state index is 13.0. The maximum Gasteiger partial charge on any atom is 0.262 e. The smallest absolute Gasteiger partial charge is 0.262 e. The summed E-state index contributed by atoms with van der Waals surface area (Å²) in [5.74, 6) is 0.611. The third-order valence-corrected chi connectivity index (χ3v) is 5.58. The van der Waals surface area contributed by atoms with E-state index in [0.29, 0.717) is 41.8 Å². The van der Waals surface area contributed by atoms with Gasteiger partial charge in [-0.2, -0.15) is 0 Å². The lowest BCUT2D eigenvalue weighted by Crippen LogP contribution is -2.47. The molecule has 8 heteroatoms. The minimum atomic E-state index is -0.0135. The normalized spacial score (nSPS) is 21.3.